The van der Waals surface area contributed by atoms with Gasteiger partial charge in [-0.2, -0.15) is 0 Å². The summed E-state index contributed by atoms with van der Waals surface area (Å²) in [6.45, 7) is 1.10. The van der Waals surface area contributed by atoms with E-state index in [1.807, 2.05) is 18.2 Å². The van der Waals surface area contributed by atoms with Gasteiger partial charge in [0.25, 0.3) is 0 Å². The summed E-state index contributed by atoms with van der Waals surface area (Å²) in [6, 6.07) is -3.72. The maximum atomic E-state index is 14.8. The van der Waals surface area contributed by atoms with Crippen LogP contribution in [0.5, 0.6) is 0 Å². The summed E-state index contributed by atoms with van der Waals surface area (Å²) in [5, 5.41) is 58.6. The van der Waals surface area contributed by atoms with Crippen molar-refractivity contribution in [1.82, 2.24) is 62.8 Å². The van der Waals surface area contributed by atoms with Gasteiger partial charge in [-0.15, -0.1) is 0 Å². The molecule has 3 rings (SSSR count). The predicted octanol–water partition coefficient (Wildman–Crippen LogP) is -3.74. The molecule has 1 aromatic carbocycles. The fourth-order valence-electron chi connectivity index (χ4n) is 8.75. The molecular formula is C52H86N20O11. The minimum atomic E-state index is -1.59. The topological polar surface area (TPSA) is 551 Å². The summed E-state index contributed by atoms with van der Waals surface area (Å²) < 4.78 is 0. The lowest BCUT2D eigenvalue weighted by Crippen LogP contribution is -2.60. The van der Waals surface area contributed by atoms with Crippen molar-refractivity contribution < 1.29 is 53.4 Å². The normalized spacial score (nSPS) is 14.0. The zero-order valence-corrected chi connectivity index (χ0v) is 46.7. The second kappa shape index (κ2) is 37.6. The van der Waals surface area contributed by atoms with E-state index in [0.29, 0.717) is 49.9 Å². The third-order valence-electron chi connectivity index (χ3n) is 13.3. The Morgan fingerprint density at radius 1 is 0.518 bits per heavy atom. The Hall–Kier alpha value is -8.42. The van der Waals surface area contributed by atoms with Crippen LogP contribution in [0.25, 0.3) is 10.9 Å². The summed E-state index contributed by atoms with van der Waals surface area (Å²) in [5.41, 5.74) is 35.8. The first-order chi connectivity index (χ1) is 39.7. The first-order valence-electron chi connectivity index (χ1n) is 27.8. The molecule has 3 aromatic rings. The molecule has 0 saturated heterocycles. The Labute approximate surface area is 480 Å². The van der Waals surface area contributed by atoms with Crippen LogP contribution in [0.3, 0.4) is 0 Å². The number of nitrogens with two attached hydrogens (primary N) is 6. The van der Waals surface area contributed by atoms with Crippen molar-refractivity contribution in [3.63, 3.8) is 0 Å². The van der Waals surface area contributed by atoms with Crippen molar-refractivity contribution in [3.8, 4) is 0 Å². The molecule has 7 amide bonds. The summed E-state index contributed by atoms with van der Waals surface area (Å²) in [7, 11) is 0. The smallest absolute Gasteiger partial charge is 0.326 e. The van der Waals surface area contributed by atoms with Crippen LogP contribution < -0.4 is 82.3 Å². The Kier molecular flexibility index (Phi) is 31.2. The van der Waals surface area contributed by atoms with Crippen molar-refractivity contribution >= 4 is 76.1 Å². The standard InChI is InChI=1S/C52H86N20O11/c53-20-6-3-12-33(56)43(75)66-37(16-9-23-62-51(57)58)46(78)71-40(25-30-27-64-34-13-2-1-11-32(30)34)48(80)72-41(26-31-28-61-29-65-31)49(81)68-36(15-5-8-22-55)44(76)67-35(14-4-7-21-54)45(77)69-38(18-19-42(73)74)47(79)70-39(50(82)83)17-10-24-63-52(59)60/h1-2,11,13,27-29,33,35-41,64H,3-10,12,14-26,53-56H2,(H,61,65)(H,66,75)(H,67,76)(H,68,81)(H,69,77)(H,70,79)(H,71,78)(H,72,80)(H,73,74)(H,82,83)(H4,57,58,62)(H4,59,60,63)/t33-,35+,36+,37+,38-,39-,40-,41-/m0/s1. The fraction of sp³-hybridized carbons (Fsp3) is 0.577. The lowest BCUT2D eigenvalue weighted by atomic mass is 10.0. The van der Waals surface area contributed by atoms with Gasteiger partial charge in [-0.05, 0) is 115 Å². The van der Waals surface area contributed by atoms with Crippen LogP contribution in [0.15, 0.2) is 43.0 Å². The minimum Gasteiger partial charge on any atom is -0.481 e. The van der Waals surface area contributed by atoms with Crippen molar-refractivity contribution in [2.45, 2.75) is 157 Å². The van der Waals surface area contributed by atoms with Gasteiger partial charge in [0.1, 0.15) is 42.3 Å². The lowest BCUT2D eigenvalue weighted by molar-refractivity contribution is -0.143. The van der Waals surface area contributed by atoms with E-state index in [0.717, 1.165) is 10.9 Å². The second-order valence-corrected chi connectivity index (χ2v) is 20.0. The van der Waals surface area contributed by atoms with Crippen LogP contribution in [0.4, 0.5) is 0 Å². The van der Waals surface area contributed by atoms with Gasteiger partial charge in [-0.25, -0.2) is 9.78 Å². The lowest BCUT2D eigenvalue weighted by Gasteiger charge is -2.28. The van der Waals surface area contributed by atoms with E-state index in [4.69, 9.17) is 45.2 Å². The van der Waals surface area contributed by atoms with E-state index in [1.54, 1.807) is 12.3 Å². The first kappa shape index (κ1) is 68.9. The third-order valence-corrected chi connectivity index (χ3v) is 13.3. The number of imidazole rings is 1. The Balaban J connectivity index is 1.99. The molecule has 0 aliphatic heterocycles. The maximum Gasteiger partial charge on any atom is 0.326 e. The summed E-state index contributed by atoms with van der Waals surface area (Å²) in [5.74, 6) is -9.31. The van der Waals surface area contributed by atoms with E-state index in [-0.39, 0.29) is 102 Å². The van der Waals surface area contributed by atoms with Crippen molar-refractivity contribution in [3.05, 3.63) is 54.2 Å². The number of amides is 7. The van der Waals surface area contributed by atoms with Gasteiger partial charge < -0.3 is 102 Å². The first-order valence-corrected chi connectivity index (χ1v) is 27.8. The van der Waals surface area contributed by atoms with Crippen molar-refractivity contribution in [2.75, 3.05) is 32.7 Å². The van der Waals surface area contributed by atoms with E-state index in [1.165, 1.54) is 12.5 Å². The van der Waals surface area contributed by atoms with Crippen LogP contribution in [0, 0.1) is 10.8 Å². The van der Waals surface area contributed by atoms with E-state index in [9.17, 15) is 53.4 Å². The molecular weight excluding hydrogens is 1080 g/mol. The number of carboxylic acid groups (broad SMARTS) is 2. The Morgan fingerprint density at radius 3 is 1.41 bits per heavy atom. The minimum absolute atomic E-state index is 0.0257. The molecule has 31 heteroatoms. The quantitative estimate of drug-likeness (QED) is 0.0147. The van der Waals surface area contributed by atoms with E-state index >= 15 is 0 Å². The number of benzene rings is 1. The Bertz CT molecular complexity index is 2580. The van der Waals surface area contributed by atoms with Gasteiger partial charge in [0, 0.05) is 55.6 Å². The molecule has 27 N–H and O–H groups in total. The van der Waals surface area contributed by atoms with Gasteiger partial charge in [0.05, 0.1) is 18.1 Å². The molecule has 0 fully saturated rings. The van der Waals surface area contributed by atoms with Crippen LogP contribution >= 0.6 is 0 Å². The fourth-order valence-corrected chi connectivity index (χ4v) is 8.75. The van der Waals surface area contributed by atoms with Crippen LogP contribution in [-0.4, -0.2) is 171 Å². The highest BCUT2D eigenvalue weighted by Gasteiger charge is 2.35. The highest BCUT2D eigenvalue weighted by molar-refractivity contribution is 5.98. The number of rotatable bonds is 42. The number of carboxylic acids is 2. The van der Waals surface area contributed by atoms with Gasteiger partial charge in [-0.3, -0.25) is 49.2 Å². The van der Waals surface area contributed by atoms with Crippen LogP contribution in [0.2, 0.25) is 0 Å². The Morgan fingerprint density at radius 2 is 0.940 bits per heavy atom. The molecule has 83 heavy (non-hydrogen) atoms. The zero-order valence-electron chi connectivity index (χ0n) is 46.7. The number of hydrogen-bond donors (Lipinski definition) is 21. The number of H-pyrrole nitrogens is 2. The van der Waals surface area contributed by atoms with Gasteiger partial charge >= 0.3 is 11.9 Å². The number of hydrogen-bond acceptors (Lipinski definition) is 16. The molecule has 0 saturated carbocycles. The number of fused-ring (bicyclic) bond motifs is 1. The van der Waals surface area contributed by atoms with E-state index < -0.39 is 114 Å². The van der Waals surface area contributed by atoms with E-state index in [2.05, 4.69) is 62.8 Å². The number of aliphatic carboxylic acids is 2. The monoisotopic (exact) mass is 1170 g/mol. The number of aromatic nitrogens is 3. The summed E-state index contributed by atoms with van der Waals surface area (Å²) in [6.07, 6.45) is 6.13. The van der Waals surface area contributed by atoms with Gasteiger partial charge in [0.2, 0.25) is 41.4 Å². The molecule has 460 valence electrons. The summed E-state index contributed by atoms with van der Waals surface area (Å²) >= 11 is 0. The van der Waals surface area contributed by atoms with Crippen molar-refractivity contribution in [2.24, 2.45) is 34.4 Å². The highest BCUT2D eigenvalue weighted by atomic mass is 16.4. The maximum absolute atomic E-state index is 14.8. The second-order valence-electron chi connectivity index (χ2n) is 20.0. The molecule has 0 radical (unpaired) electrons. The molecule has 8 atom stereocenters. The third kappa shape index (κ3) is 25.9. The number of para-hydroxylation sites is 1. The molecule has 0 bridgehead atoms. The number of carbonyl (C=O) groups is 9. The number of guanidine groups is 2. The number of aromatic amines is 2. The van der Waals surface area contributed by atoms with Crippen molar-refractivity contribution in [1.29, 1.82) is 10.8 Å². The molecule has 0 spiro atoms. The van der Waals surface area contributed by atoms with Gasteiger partial charge in [0.15, 0.2) is 11.9 Å². The average Bonchev–Trinajstić information content (AvgIpc) is 4.22. The SMILES string of the molecule is N=C(N)NCCC[C@H](NC(=O)[C@H](CCC(=O)O)NC(=O)[C@@H](CCCCN)NC(=O)[C@@H](CCCCN)NC(=O)[C@H](Cc1c[nH]cn1)NC(=O)[C@H](Cc1c[nH]c2ccccc12)NC(=O)[C@@H](CCCNC(=N)N)NC(=O)[C@@H](N)CCCCN)C(=O)O. The molecule has 2 heterocycles. The van der Waals surface area contributed by atoms with Gasteiger partial charge in [-0.1, -0.05) is 24.6 Å². The van der Waals surface area contributed by atoms with Crippen LogP contribution in [0.1, 0.15) is 108 Å². The largest absolute Gasteiger partial charge is 0.481 e. The number of nitrogens with one attached hydrogen (secondary N) is 13. The molecule has 31 nitrogen and oxygen atoms in total. The number of nitrogens with zero attached hydrogens (tertiary/aromatic N) is 1. The molecule has 0 aliphatic carbocycles. The number of unbranched alkanes of at least 4 members (excludes halogenated alkanes) is 3. The highest BCUT2D eigenvalue weighted by Crippen LogP contribution is 2.20. The van der Waals surface area contributed by atoms with Crippen LogP contribution in [-0.2, 0) is 56.0 Å². The number of carbonyl (C=O) groups excluding carboxylic acids is 7. The zero-order chi connectivity index (χ0) is 61.3. The average molecular weight is 1170 g/mol. The summed E-state index contributed by atoms with van der Waals surface area (Å²) in [4.78, 5) is 134. The molecule has 0 unspecified atom stereocenters. The molecule has 0 aliphatic rings. The predicted molar refractivity (Wildman–Crippen MR) is 307 cm³/mol. The molecule has 2 aromatic heterocycles.